The third-order valence-electron chi connectivity index (χ3n) is 2.73. The van der Waals surface area contributed by atoms with Gasteiger partial charge >= 0.3 is 0 Å². The van der Waals surface area contributed by atoms with E-state index in [0.717, 1.165) is 42.7 Å². The van der Waals surface area contributed by atoms with Gasteiger partial charge in [0.25, 0.3) is 0 Å². The smallest absolute Gasteiger partial charge is 0.173 e. The molecule has 1 fully saturated rings. The molecule has 0 unspecified atom stereocenters. The normalized spacial score (nSPS) is 16.1. The predicted octanol–water partition coefficient (Wildman–Crippen LogP) is 1.01. The van der Waals surface area contributed by atoms with Gasteiger partial charge < -0.3 is 10.2 Å². The number of aromatic nitrogens is 3. The molecule has 1 aliphatic rings. The molecule has 2 aromatic rings. The number of piperazine rings is 1. The Kier molecular flexibility index (Phi) is 2.98. The lowest BCUT2D eigenvalue weighted by atomic mass is 10.3. The molecule has 6 heteroatoms. The van der Waals surface area contributed by atoms with Gasteiger partial charge in [-0.15, -0.1) is 11.3 Å². The van der Waals surface area contributed by atoms with Gasteiger partial charge in [0.1, 0.15) is 5.82 Å². The Balaban J connectivity index is 1.88. The summed E-state index contributed by atoms with van der Waals surface area (Å²) < 4.78 is 0. The van der Waals surface area contributed by atoms with Crippen LogP contribution in [0.4, 0.5) is 5.82 Å². The topological polar surface area (TPSA) is 53.9 Å². The summed E-state index contributed by atoms with van der Waals surface area (Å²) in [7, 11) is 0. The quantitative estimate of drug-likeness (QED) is 0.858. The Labute approximate surface area is 104 Å². The van der Waals surface area contributed by atoms with Gasteiger partial charge in [-0.3, -0.25) is 4.98 Å². The minimum absolute atomic E-state index is 0.767. The van der Waals surface area contributed by atoms with Crippen molar-refractivity contribution in [2.45, 2.75) is 0 Å². The van der Waals surface area contributed by atoms with Crippen LogP contribution in [0.2, 0.25) is 0 Å². The molecule has 2 aromatic heterocycles. The molecule has 1 aliphatic heterocycles. The Bertz CT molecular complexity index is 478. The third kappa shape index (κ3) is 2.27. The van der Waals surface area contributed by atoms with Crippen LogP contribution >= 0.6 is 11.3 Å². The molecule has 3 rings (SSSR count). The van der Waals surface area contributed by atoms with E-state index >= 15 is 0 Å². The van der Waals surface area contributed by atoms with E-state index in [2.05, 4.69) is 25.2 Å². The fourth-order valence-electron chi connectivity index (χ4n) is 1.86. The van der Waals surface area contributed by atoms with Crippen molar-refractivity contribution in [2.24, 2.45) is 0 Å². The largest absolute Gasteiger partial charge is 0.354 e. The van der Waals surface area contributed by atoms with Crippen molar-refractivity contribution in [1.82, 2.24) is 20.3 Å². The number of rotatable bonds is 2. The minimum atomic E-state index is 0.767. The summed E-state index contributed by atoms with van der Waals surface area (Å²) in [6, 6.07) is 1.97. The van der Waals surface area contributed by atoms with E-state index in [1.54, 1.807) is 16.8 Å². The molecule has 0 radical (unpaired) electrons. The first kappa shape index (κ1) is 10.6. The molecule has 1 N–H and O–H groups in total. The summed E-state index contributed by atoms with van der Waals surface area (Å²) >= 11 is 1.56. The number of thiazole rings is 1. The molecule has 0 amide bonds. The highest BCUT2D eigenvalue weighted by Gasteiger charge is 2.13. The highest BCUT2D eigenvalue weighted by molar-refractivity contribution is 7.13. The molecule has 88 valence electrons. The summed E-state index contributed by atoms with van der Waals surface area (Å²) in [6.45, 7) is 4.03. The van der Waals surface area contributed by atoms with Gasteiger partial charge in [0.05, 0.1) is 10.4 Å². The maximum absolute atomic E-state index is 4.60. The van der Waals surface area contributed by atoms with Gasteiger partial charge in [-0.25, -0.2) is 9.97 Å². The zero-order valence-electron chi connectivity index (χ0n) is 9.33. The van der Waals surface area contributed by atoms with Crippen molar-refractivity contribution in [2.75, 3.05) is 31.1 Å². The standard InChI is InChI=1S/C11H13N5S/c1-2-14-11(9-7-13-8-17-9)15-10(1)16-5-3-12-4-6-16/h1-2,7-8,12H,3-6H2. The number of nitrogens with zero attached hydrogens (tertiary/aromatic N) is 4. The van der Waals surface area contributed by atoms with Crippen LogP contribution in [0, 0.1) is 0 Å². The van der Waals surface area contributed by atoms with Gasteiger partial charge in [0.15, 0.2) is 5.82 Å². The number of hydrogen-bond acceptors (Lipinski definition) is 6. The molecular formula is C11H13N5S. The fourth-order valence-corrected chi connectivity index (χ4v) is 2.42. The Morgan fingerprint density at radius 2 is 2.18 bits per heavy atom. The molecule has 0 aromatic carbocycles. The lowest BCUT2D eigenvalue weighted by Crippen LogP contribution is -2.43. The van der Waals surface area contributed by atoms with Crippen LogP contribution in [0.25, 0.3) is 10.7 Å². The summed E-state index contributed by atoms with van der Waals surface area (Å²) in [6.07, 6.45) is 3.63. The molecular weight excluding hydrogens is 234 g/mol. The van der Waals surface area contributed by atoms with E-state index < -0.39 is 0 Å². The van der Waals surface area contributed by atoms with Gasteiger partial charge in [-0.2, -0.15) is 0 Å². The second-order valence-corrected chi connectivity index (χ2v) is 4.73. The number of hydrogen-bond donors (Lipinski definition) is 1. The van der Waals surface area contributed by atoms with E-state index in [4.69, 9.17) is 0 Å². The zero-order valence-corrected chi connectivity index (χ0v) is 10.2. The van der Waals surface area contributed by atoms with Crippen molar-refractivity contribution in [3.63, 3.8) is 0 Å². The van der Waals surface area contributed by atoms with Crippen molar-refractivity contribution >= 4 is 17.2 Å². The van der Waals surface area contributed by atoms with Crippen LogP contribution in [-0.2, 0) is 0 Å². The molecule has 1 saturated heterocycles. The minimum Gasteiger partial charge on any atom is -0.354 e. The summed E-state index contributed by atoms with van der Waals surface area (Å²) in [5.41, 5.74) is 1.80. The van der Waals surface area contributed by atoms with E-state index in [0.29, 0.717) is 0 Å². The van der Waals surface area contributed by atoms with Crippen molar-refractivity contribution in [3.8, 4) is 10.7 Å². The Morgan fingerprint density at radius 1 is 1.29 bits per heavy atom. The molecule has 0 spiro atoms. The second-order valence-electron chi connectivity index (χ2n) is 3.84. The predicted molar refractivity (Wildman–Crippen MR) is 68.2 cm³/mol. The zero-order chi connectivity index (χ0) is 11.5. The van der Waals surface area contributed by atoms with Gasteiger partial charge in [-0.1, -0.05) is 0 Å². The summed E-state index contributed by atoms with van der Waals surface area (Å²) in [5, 5.41) is 3.33. The van der Waals surface area contributed by atoms with Crippen LogP contribution in [-0.4, -0.2) is 41.1 Å². The molecule has 0 aliphatic carbocycles. The van der Waals surface area contributed by atoms with Crippen LogP contribution < -0.4 is 10.2 Å². The molecule has 0 atom stereocenters. The third-order valence-corrected chi connectivity index (χ3v) is 3.50. The van der Waals surface area contributed by atoms with E-state index in [1.165, 1.54) is 0 Å². The SMILES string of the molecule is c1cc(N2CCNCC2)nc(-c2cncs2)n1. The average molecular weight is 247 g/mol. The molecule has 0 bridgehead atoms. The van der Waals surface area contributed by atoms with Crippen molar-refractivity contribution in [3.05, 3.63) is 24.0 Å². The monoisotopic (exact) mass is 247 g/mol. The molecule has 3 heterocycles. The molecule has 17 heavy (non-hydrogen) atoms. The number of nitrogens with one attached hydrogen (secondary N) is 1. The second kappa shape index (κ2) is 4.77. The van der Waals surface area contributed by atoms with Gasteiger partial charge in [-0.05, 0) is 6.07 Å². The first-order valence-electron chi connectivity index (χ1n) is 5.61. The first-order chi connectivity index (χ1) is 8.43. The lowest BCUT2D eigenvalue weighted by Gasteiger charge is -2.28. The summed E-state index contributed by atoms with van der Waals surface area (Å²) in [5.74, 6) is 1.77. The lowest BCUT2D eigenvalue weighted by molar-refractivity contribution is 0.585. The van der Waals surface area contributed by atoms with E-state index in [9.17, 15) is 0 Å². The van der Waals surface area contributed by atoms with Crippen LogP contribution in [0.1, 0.15) is 0 Å². The highest BCUT2D eigenvalue weighted by atomic mass is 32.1. The van der Waals surface area contributed by atoms with Crippen LogP contribution in [0.3, 0.4) is 0 Å². The van der Waals surface area contributed by atoms with E-state index in [1.807, 2.05) is 18.5 Å². The van der Waals surface area contributed by atoms with Crippen LogP contribution in [0.15, 0.2) is 24.0 Å². The maximum Gasteiger partial charge on any atom is 0.173 e. The first-order valence-corrected chi connectivity index (χ1v) is 6.49. The van der Waals surface area contributed by atoms with Crippen LogP contribution in [0.5, 0.6) is 0 Å². The van der Waals surface area contributed by atoms with E-state index in [-0.39, 0.29) is 0 Å². The number of anilines is 1. The van der Waals surface area contributed by atoms with Gasteiger partial charge in [0.2, 0.25) is 0 Å². The van der Waals surface area contributed by atoms with Gasteiger partial charge in [0, 0.05) is 38.6 Å². The maximum atomic E-state index is 4.60. The highest BCUT2D eigenvalue weighted by Crippen LogP contribution is 2.21. The average Bonchev–Trinajstić information content (AvgIpc) is 2.94. The van der Waals surface area contributed by atoms with Crippen molar-refractivity contribution in [1.29, 1.82) is 0 Å². The molecule has 0 saturated carbocycles. The fraction of sp³-hybridized carbons (Fsp3) is 0.364. The Morgan fingerprint density at radius 3 is 2.94 bits per heavy atom. The van der Waals surface area contributed by atoms with Crippen molar-refractivity contribution < 1.29 is 0 Å². The Hall–Kier alpha value is -1.53. The molecule has 5 nitrogen and oxygen atoms in total. The summed E-state index contributed by atoms with van der Waals surface area (Å²) in [4.78, 5) is 16.2.